The first-order valence-electron chi connectivity index (χ1n) is 6.90. The highest BCUT2D eigenvalue weighted by atomic mass is 16.5. The minimum Gasteiger partial charge on any atom is -0.478 e. The van der Waals surface area contributed by atoms with E-state index in [9.17, 15) is 14.7 Å². The molecule has 1 aliphatic heterocycles. The van der Waals surface area contributed by atoms with Crippen molar-refractivity contribution in [3.63, 3.8) is 0 Å². The second kappa shape index (κ2) is 6.13. The van der Waals surface area contributed by atoms with Crippen LogP contribution in [0, 0.1) is 6.92 Å². The Morgan fingerprint density at radius 3 is 2.76 bits per heavy atom. The maximum Gasteiger partial charge on any atom is 0.337 e. The molecule has 0 aliphatic carbocycles. The fourth-order valence-electron chi connectivity index (χ4n) is 2.40. The molecule has 0 bridgehead atoms. The van der Waals surface area contributed by atoms with Gasteiger partial charge in [-0.25, -0.2) is 9.59 Å². The first-order chi connectivity index (χ1) is 9.89. The Morgan fingerprint density at radius 2 is 2.14 bits per heavy atom. The van der Waals surface area contributed by atoms with Crippen molar-refractivity contribution in [2.24, 2.45) is 0 Å². The molecule has 6 nitrogen and oxygen atoms in total. The molecule has 0 spiro atoms. The zero-order valence-corrected chi connectivity index (χ0v) is 12.2. The molecule has 1 unspecified atom stereocenters. The highest BCUT2D eigenvalue weighted by molar-refractivity contribution is 6.00. The van der Waals surface area contributed by atoms with E-state index >= 15 is 0 Å². The highest BCUT2D eigenvalue weighted by Crippen LogP contribution is 2.20. The fourth-order valence-corrected chi connectivity index (χ4v) is 2.40. The van der Waals surface area contributed by atoms with Crippen LogP contribution in [0.2, 0.25) is 0 Å². The van der Waals surface area contributed by atoms with E-state index in [4.69, 9.17) is 4.74 Å². The van der Waals surface area contributed by atoms with E-state index in [0.717, 1.165) is 18.4 Å². The second-order valence-electron chi connectivity index (χ2n) is 5.65. The first-order valence-corrected chi connectivity index (χ1v) is 6.90. The SMILES string of the molecule is Cc1ccc(NC(=O)NC2(C)CCCOC2)c(C(=O)O)c1. The number of amides is 2. The lowest BCUT2D eigenvalue weighted by molar-refractivity contribution is 0.0342. The predicted octanol–water partition coefficient (Wildman–Crippen LogP) is 2.38. The molecule has 1 saturated heterocycles. The summed E-state index contributed by atoms with van der Waals surface area (Å²) in [5, 5.41) is 14.6. The van der Waals surface area contributed by atoms with E-state index in [1.54, 1.807) is 19.1 Å². The van der Waals surface area contributed by atoms with Crippen LogP contribution in [0.5, 0.6) is 0 Å². The molecular formula is C15H20N2O4. The van der Waals surface area contributed by atoms with Gasteiger partial charge in [0.1, 0.15) is 0 Å². The monoisotopic (exact) mass is 292 g/mol. The Balaban J connectivity index is 2.07. The third-order valence-corrected chi connectivity index (χ3v) is 3.51. The molecule has 1 aromatic rings. The van der Waals surface area contributed by atoms with E-state index in [-0.39, 0.29) is 11.3 Å². The number of carboxylic acid groups (broad SMARTS) is 1. The number of carbonyl (C=O) groups excluding carboxylic acids is 1. The standard InChI is InChI=1S/C15H20N2O4/c1-10-4-5-12(11(8-10)13(18)19)16-14(20)17-15(2)6-3-7-21-9-15/h4-5,8H,3,6-7,9H2,1-2H3,(H,18,19)(H2,16,17,20). The van der Waals surface area contributed by atoms with Gasteiger partial charge in [0.25, 0.3) is 0 Å². The summed E-state index contributed by atoms with van der Waals surface area (Å²) in [5.41, 5.74) is 0.767. The van der Waals surface area contributed by atoms with Crippen molar-refractivity contribution in [2.75, 3.05) is 18.5 Å². The van der Waals surface area contributed by atoms with Crippen molar-refractivity contribution in [3.8, 4) is 0 Å². The van der Waals surface area contributed by atoms with Gasteiger partial charge in [-0.1, -0.05) is 11.6 Å². The third-order valence-electron chi connectivity index (χ3n) is 3.51. The summed E-state index contributed by atoms with van der Waals surface area (Å²) in [4.78, 5) is 23.3. The largest absolute Gasteiger partial charge is 0.478 e. The summed E-state index contributed by atoms with van der Waals surface area (Å²) >= 11 is 0. The van der Waals surface area contributed by atoms with Gasteiger partial charge in [-0.15, -0.1) is 0 Å². The van der Waals surface area contributed by atoms with Crippen molar-refractivity contribution >= 4 is 17.7 Å². The number of benzene rings is 1. The van der Waals surface area contributed by atoms with Gasteiger partial charge in [0.15, 0.2) is 0 Å². The number of nitrogens with one attached hydrogen (secondary N) is 2. The van der Waals surface area contributed by atoms with Crippen molar-refractivity contribution in [1.29, 1.82) is 0 Å². The molecule has 1 fully saturated rings. The van der Waals surface area contributed by atoms with Crippen LogP contribution >= 0.6 is 0 Å². The fraction of sp³-hybridized carbons (Fsp3) is 0.467. The van der Waals surface area contributed by atoms with Crippen LogP contribution in [0.15, 0.2) is 18.2 Å². The Bertz CT molecular complexity index is 551. The summed E-state index contributed by atoms with van der Waals surface area (Å²) in [6.07, 6.45) is 1.72. The number of aromatic carboxylic acids is 1. The van der Waals surface area contributed by atoms with Gasteiger partial charge in [0, 0.05) is 6.61 Å². The smallest absolute Gasteiger partial charge is 0.337 e. The molecule has 2 rings (SSSR count). The van der Waals surface area contributed by atoms with Crippen LogP contribution in [-0.4, -0.2) is 35.9 Å². The third kappa shape index (κ3) is 3.95. The van der Waals surface area contributed by atoms with Gasteiger partial charge in [-0.3, -0.25) is 0 Å². The first kappa shape index (κ1) is 15.3. The molecular weight excluding hydrogens is 272 g/mol. The van der Waals surface area contributed by atoms with Crippen molar-refractivity contribution < 1.29 is 19.4 Å². The highest BCUT2D eigenvalue weighted by Gasteiger charge is 2.29. The van der Waals surface area contributed by atoms with Gasteiger partial charge in [-0.05, 0) is 38.8 Å². The Hall–Kier alpha value is -2.08. The van der Waals surface area contributed by atoms with Crippen LogP contribution in [0.3, 0.4) is 0 Å². The molecule has 1 aromatic carbocycles. The molecule has 1 heterocycles. The van der Waals surface area contributed by atoms with E-state index in [0.29, 0.717) is 13.2 Å². The van der Waals surface area contributed by atoms with Crippen LogP contribution in [0.4, 0.5) is 10.5 Å². The molecule has 0 aromatic heterocycles. The van der Waals surface area contributed by atoms with E-state index in [2.05, 4.69) is 10.6 Å². The molecule has 3 N–H and O–H groups in total. The van der Waals surface area contributed by atoms with Crippen LogP contribution in [0.25, 0.3) is 0 Å². The molecule has 2 amide bonds. The average molecular weight is 292 g/mol. The topological polar surface area (TPSA) is 87.7 Å². The lowest BCUT2D eigenvalue weighted by Crippen LogP contribution is -2.52. The van der Waals surface area contributed by atoms with Crippen molar-refractivity contribution in [1.82, 2.24) is 5.32 Å². The van der Waals surface area contributed by atoms with Gasteiger partial charge >= 0.3 is 12.0 Å². The van der Waals surface area contributed by atoms with E-state index in [1.165, 1.54) is 6.07 Å². The Morgan fingerprint density at radius 1 is 1.38 bits per heavy atom. The minimum atomic E-state index is -1.07. The lowest BCUT2D eigenvalue weighted by atomic mass is 9.95. The van der Waals surface area contributed by atoms with Crippen LogP contribution in [-0.2, 0) is 4.74 Å². The van der Waals surface area contributed by atoms with Gasteiger partial charge in [-0.2, -0.15) is 0 Å². The predicted molar refractivity (Wildman–Crippen MR) is 78.8 cm³/mol. The van der Waals surface area contributed by atoms with Crippen LogP contribution in [0.1, 0.15) is 35.7 Å². The number of carbonyl (C=O) groups is 2. The number of rotatable bonds is 3. The summed E-state index contributed by atoms with van der Waals surface area (Å²) in [6.45, 7) is 4.88. The summed E-state index contributed by atoms with van der Waals surface area (Å²) in [6, 6.07) is 4.46. The normalized spacial score (nSPS) is 21.6. The van der Waals surface area contributed by atoms with Crippen molar-refractivity contribution in [3.05, 3.63) is 29.3 Å². The minimum absolute atomic E-state index is 0.0789. The average Bonchev–Trinajstić information content (AvgIpc) is 2.40. The molecule has 0 radical (unpaired) electrons. The summed E-state index contributed by atoms with van der Waals surface area (Å²) < 4.78 is 5.38. The van der Waals surface area contributed by atoms with E-state index in [1.807, 2.05) is 6.92 Å². The molecule has 1 aliphatic rings. The number of carboxylic acids is 1. The van der Waals surface area contributed by atoms with Gasteiger partial charge < -0.3 is 20.5 Å². The zero-order valence-electron chi connectivity index (χ0n) is 12.2. The number of urea groups is 1. The molecule has 114 valence electrons. The Labute approximate surface area is 123 Å². The summed E-state index contributed by atoms with van der Waals surface area (Å²) in [5.74, 6) is -1.07. The second-order valence-corrected chi connectivity index (χ2v) is 5.65. The van der Waals surface area contributed by atoms with Crippen molar-refractivity contribution in [2.45, 2.75) is 32.2 Å². The number of hydrogen-bond acceptors (Lipinski definition) is 3. The maximum absolute atomic E-state index is 12.1. The molecule has 1 atom stereocenters. The van der Waals surface area contributed by atoms with E-state index < -0.39 is 17.5 Å². The quantitative estimate of drug-likeness (QED) is 0.798. The Kier molecular flexibility index (Phi) is 4.47. The van der Waals surface area contributed by atoms with Gasteiger partial charge in [0.05, 0.1) is 23.4 Å². The van der Waals surface area contributed by atoms with Crippen LogP contribution < -0.4 is 10.6 Å². The summed E-state index contributed by atoms with van der Waals surface area (Å²) in [7, 11) is 0. The number of aryl methyl sites for hydroxylation is 1. The maximum atomic E-state index is 12.1. The molecule has 0 saturated carbocycles. The zero-order chi connectivity index (χ0) is 15.5. The van der Waals surface area contributed by atoms with Gasteiger partial charge in [0.2, 0.25) is 0 Å². The lowest BCUT2D eigenvalue weighted by Gasteiger charge is -2.34. The molecule has 21 heavy (non-hydrogen) atoms. The number of anilines is 1. The molecule has 6 heteroatoms. The number of hydrogen-bond donors (Lipinski definition) is 3. The number of ether oxygens (including phenoxy) is 1.